The Bertz CT molecular complexity index is 1350. The van der Waals surface area contributed by atoms with Gasteiger partial charge in [0.05, 0.1) is 31.9 Å². The molecule has 0 radical (unpaired) electrons. The average molecular weight is 516 g/mol. The number of ether oxygens (including phenoxy) is 3. The van der Waals surface area contributed by atoms with E-state index >= 15 is 0 Å². The van der Waals surface area contributed by atoms with Crippen molar-refractivity contribution in [2.75, 3.05) is 27.4 Å². The van der Waals surface area contributed by atoms with Gasteiger partial charge >= 0.3 is 0 Å². The molecule has 0 spiro atoms. The van der Waals surface area contributed by atoms with Crippen molar-refractivity contribution in [3.63, 3.8) is 0 Å². The molecule has 0 saturated heterocycles. The summed E-state index contributed by atoms with van der Waals surface area (Å²) in [6, 6.07) is 21.7. The minimum absolute atomic E-state index is 0.111. The van der Waals surface area contributed by atoms with Crippen LogP contribution in [0.25, 0.3) is 11.0 Å². The summed E-state index contributed by atoms with van der Waals surface area (Å²) >= 11 is 0. The van der Waals surface area contributed by atoms with E-state index in [1.54, 1.807) is 32.4 Å². The van der Waals surface area contributed by atoms with Crippen LogP contribution in [0.5, 0.6) is 17.2 Å². The highest BCUT2D eigenvalue weighted by molar-refractivity contribution is 5.94. The smallest absolute Gasteiger partial charge is 0.251 e. The highest BCUT2D eigenvalue weighted by Crippen LogP contribution is 2.27. The van der Waals surface area contributed by atoms with Crippen LogP contribution < -0.4 is 19.5 Å². The Balaban J connectivity index is 1.24. The monoisotopic (exact) mass is 515 g/mol. The summed E-state index contributed by atoms with van der Waals surface area (Å²) in [5.41, 5.74) is 3.96. The number of benzene rings is 3. The number of carbonyl (C=O) groups is 1. The number of nitrogens with one attached hydrogen (secondary N) is 1. The van der Waals surface area contributed by atoms with Crippen molar-refractivity contribution < 1.29 is 19.0 Å². The molecule has 0 aliphatic heterocycles. The lowest BCUT2D eigenvalue weighted by atomic mass is 10.1. The van der Waals surface area contributed by atoms with E-state index in [9.17, 15) is 4.79 Å². The third-order valence-corrected chi connectivity index (χ3v) is 6.53. The van der Waals surface area contributed by atoms with Gasteiger partial charge in [0.1, 0.15) is 11.6 Å². The lowest BCUT2D eigenvalue weighted by Crippen LogP contribution is -2.24. The second kappa shape index (κ2) is 13.5. The van der Waals surface area contributed by atoms with Crippen molar-refractivity contribution in [3.05, 3.63) is 83.7 Å². The minimum atomic E-state index is -0.111. The molecule has 0 aliphatic rings. The van der Waals surface area contributed by atoms with Crippen molar-refractivity contribution in [2.24, 2.45) is 0 Å². The van der Waals surface area contributed by atoms with Crippen LogP contribution in [-0.4, -0.2) is 42.8 Å². The van der Waals surface area contributed by atoms with E-state index in [-0.39, 0.29) is 5.91 Å². The van der Waals surface area contributed by atoms with Gasteiger partial charge in [-0.3, -0.25) is 4.79 Å². The Kier molecular flexibility index (Phi) is 9.62. The van der Waals surface area contributed by atoms with Gasteiger partial charge in [0.15, 0.2) is 11.5 Å². The molecule has 38 heavy (non-hydrogen) atoms. The average Bonchev–Trinajstić information content (AvgIpc) is 3.29. The molecule has 0 aliphatic carbocycles. The summed E-state index contributed by atoms with van der Waals surface area (Å²) < 4.78 is 18.8. The van der Waals surface area contributed by atoms with E-state index < -0.39 is 0 Å². The molecule has 0 fully saturated rings. The molecular formula is C31H37N3O4. The SMILES string of the molecule is COc1ccc(C(=O)NCCCCCc2nc3ccccc3n2CCCOc2cccc(C)c2)cc1OC. The first-order valence-electron chi connectivity index (χ1n) is 13.2. The van der Waals surface area contributed by atoms with Gasteiger partial charge in [-0.25, -0.2) is 4.98 Å². The number of methoxy groups -OCH3 is 2. The largest absolute Gasteiger partial charge is 0.494 e. The number of hydrogen-bond acceptors (Lipinski definition) is 5. The number of unbranched alkanes of at least 4 members (excludes halogenated alkanes) is 2. The Hall–Kier alpha value is -4.00. The molecule has 1 N–H and O–H groups in total. The number of amides is 1. The highest BCUT2D eigenvalue weighted by atomic mass is 16.5. The second-order valence-electron chi connectivity index (χ2n) is 9.32. The summed E-state index contributed by atoms with van der Waals surface area (Å²) in [7, 11) is 3.14. The second-order valence-corrected chi connectivity index (χ2v) is 9.32. The lowest BCUT2D eigenvalue weighted by Gasteiger charge is -2.11. The van der Waals surface area contributed by atoms with Gasteiger partial charge in [0.2, 0.25) is 0 Å². The Morgan fingerprint density at radius 3 is 2.55 bits per heavy atom. The number of fused-ring (bicyclic) bond motifs is 1. The maximum absolute atomic E-state index is 12.5. The minimum Gasteiger partial charge on any atom is -0.494 e. The zero-order valence-corrected chi connectivity index (χ0v) is 22.5. The Labute approximate surface area is 224 Å². The van der Waals surface area contributed by atoms with Gasteiger partial charge in [-0.1, -0.05) is 30.7 Å². The molecule has 7 heteroatoms. The number of aromatic nitrogens is 2. The third-order valence-electron chi connectivity index (χ3n) is 6.53. The van der Waals surface area contributed by atoms with Gasteiger partial charge in [-0.15, -0.1) is 0 Å². The van der Waals surface area contributed by atoms with Crippen LogP contribution in [0.4, 0.5) is 0 Å². The van der Waals surface area contributed by atoms with Crippen molar-refractivity contribution in [1.29, 1.82) is 0 Å². The molecule has 7 nitrogen and oxygen atoms in total. The van der Waals surface area contributed by atoms with Crippen LogP contribution in [0.3, 0.4) is 0 Å². The standard InChI is InChI=1S/C31H37N3O4/c1-23-11-9-12-25(21-23)38-20-10-19-34-27-14-7-6-13-26(27)33-30(34)15-5-4-8-18-32-31(35)24-16-17-28(36-2)29(22-24)37-3/h6-7,9,11-14,16-17,21-22H,4-5,8,10,15,18-20H2,1-3H3,(H,32,35). The van der Waals surface area contributed by atoms with Crippen LogP contribution in [0.2, 0.25) is 0 Å². The van der Waals surface area contributed by atoms with E-state index in [2.05, 4.69) is 47.1 Å². The van der Waals surface area contributed by atoms with E-state index in [1.807, 2.05) is 18.2 Å². The first-order chi connectivity index (χ1) is 18.6. The molecule has 1 amide bonds. The molecule has 0 bridgehead atoms. The fourth-order valence-corrected chi connectivity index (χ4v) is 4.55. The quantitative estimate of drug-likeness (QED) is 0.209. The first kappa shape index (κ1) is 27.0. The summed E-state index contributed by atoms with van der Waals surface area (Å²) in [4.78, 5) is 17.4. The fraction of sp³-hybridized carbons (Fsp3) is 0.355. The summed E-state index contributed by atoms with van der Waals surface area (Å²) in [5.74, 6) is 3.06. The summed E-state index contributed by atoms with van der Waals surface area (Å²) in [6.45, 7) is 4.22. The molecule has 0 saturated carbocycles. The van der Waals surface area contributed by atoms with Crippen LogP contribution in [0, 0.1) is 6.92 Å². The van der Waals surface area contributed by atoms with Crippen molar-refractivity contribution in [2.45, 2.75) is 45.6 Å². The topological polar surface area (TPSA) is 74.6 Å². The van der Waals surface area contributed by atoms with E-state index in [0.717, 1.165) is 55.7 Å². The number of nitrogens with zero attached hydrogens (tertiary/aromatic N) is 2. The maximum atomic E-state index is 12.5. The molecule has 4 rings (SSSR count). The number of imidazole rings is 1. The maximum Gasteiger partial charge on any atom is 0.251 e. The highest BCUT2D eigenvalue weighted by Gasteiger charge is 2.12. The zero-order chi connectivity index (χ0) is 26.7. The molecule has 0 atom stereocenters. The van der Waals surface area contributed by atoms with E-state index in [4.69, 9.17) is 19.2 Å². The zero-order valence-electron chi connectivity index (χ0n) is 22.5. The predicted molar refractivity (Wildman–Crippen MR) is 150 cm³/mol. The van der Waals surface area contributed by atoms with E-state index in [0.29, 0.717) is 30.2 Å². The van der Waals surface area contributed by atoms with Crippen LogP contribution >= 0.6 is 0 Å². The summed E-state index contributed by atoms with van der Waals surface area (Å²) in [5, 5.41) is 3.00. The molecule has 0 unspecified atom stereocenters. The number of aryl methyl sites for hydroxylation is 3. The lowest BCUT2D eigenvalue weighted by molar-refractivity contribution is 0.0952. The fourth-order valence-electron chi connectivity index (χ4n) is 4.55. The van der Waals surface area contributed by atoms with Gasteiger partial charge in [-0.05, 0) is 74.2 Å². The van der Waals surface area contributed by atoms with Gasteiger partial charge in [-0.2, -0.15) is 0 Å². The Morgan fingerprint density at radius 2 is 1.74 bits per heavy atom. The molecule has 4 aromatic rings. The van der Waals surface area contributed by atoms with Gasteiger partial charge in [0.25, 0.3) is 5.91 Å². The third kappa shape index (κ3) is 7.06. The number of rotatable bonds is 14. The molecular weight excluding hydrogens is 478 g/mol. The first-order valence-corrected chi connectivity index (χ1v) is 13.2. The molecule has 1 heterocycles. The van der Waals surface area contributed by atoms with Crippen molar-refractivity contribution >= 4 is 16.9 Å². The molecule has 200 valence electrons. The van der Waals surface area contributed by atoms with Gasteiger partial charge in [0, 0.05) is 25.1 Å². The van der Waals surface area contributed by atoms with Crippen LogP contribution in [0.1, 0.15) is 47.4 Å². The van der Waals surface area contributed by atoms with Crippen LogP contribution in [-0.2, 0) is 13.0 Å². The number of carbonyl (C=O) groups excluding carboxylic acids is 1. The normalized spacial score (nSPS) is 10.9. The number of para-hydroxylation sites is 2. The number of hydrogen-bond donors (Lipinski definition) is 1. The Morgan fingerprint density at radius 1 is 0.895 bits per heavy atom. The van der Waals surface area contributed by atoms with Crippen molar-refractivity contribution in [3.8, 4) is 17.2 Å². The van der Waals surface area contributed by atoms with Crippen LogP contribution in [0.15, 0.2) is 66.7 Å². The summed E-state index contributed by atoms with van der Waals surface area (Å²) in [6.07, 6.45) is 4.73. The molecule has 1 aromatic heterocycles. The van der Waals surface area contributed by atoms with Gasteiger partial charge < -0.3 is 24.1 Å². The van der Waals surface area contributed by atoms with Crippen molar-refractivity contribution in [1.82, 2.24) is 14.9 Å². The predicted octanol–water partition coefficient (Wildman–Crippen LogP) is 5.97. The molecule has 3 aromatic carbocycles. The van der Waals surface area contributed by atoms with E-state index in [1.165, 1.54) is 11.1 Å².